The molecule has 0 saturated heterocycles. The molecule has 1 aromatic heterocycles. The molecule has 0 radical (unpaired) electrons. The zero-order valence-corrected chi connectivity index (χ0v) is 12.1. The zero-order chi connectivity index (χ0) is 14.3. The van der Waals surface area contributed by atoms with Crippen molar-refractivity contribution in [3.8, 4) is 5.69 Å². The number of fused-ring (bicyclic) bond motifs is 1. The number of rotatable bonds is 1. The van der Waals surface area contributed by atoms with Crippen molar-refractivity contribution in [2.45, 2.75) is 6.92 Å². The standard InChI is InChI=1S/C15H10Cl2N2O/c1-9-18-14-8-11(17)4-7-13(14)15(20)19(9)12-5-2-10(16)3-6-12/h2-8H,1H3. The van der Waals surface area contributed by atoms with Crippen LogP contribution in [0.25, 0.3) is 16.6 Å². The minimum atomic E-state index is -0.119. The van der Waals surface area contributed by atoms with Gasteiger partial charge in [0.1, 0.15) is 5.82 Å². The van der Waals surface area contributed by atoms with Gasteiger partial charge in [-0.15, -0.1) is 0 Å². The third kappa shape index (κ3) is 2.19. The average molecular weight is 305 g/mol. The van der Waals surface area contributed by atoms with E-state index >= 15 is 0 Å². The molecule has 0 amide bonds. The van der Waals surface area contributed by atoms with Gasteiger partial charge in [-0.2, -0.15) is 0 Å². The van der Waals surface area contributed by atoms with Gasteiger partial charge in [0.2, 0.25) is 0 Å². The Morgan fingerprint density at radius 1 is 1.00 bits per heavy atom. The van der Waals surface area contributed by atoms with Crippen molar-refractivity contribution in [3.63, 3.8) is 0 Å². The molecule has 0 atom stereocenters. The lowest BCUT2D eigenvalue weighted by molar-refractivity contribution is 0.895. The maximum Gasteiger partial charge on any atom is 0.265 e. The molecule has 1 heterocycles. The Hall–Kier alpha value is -1.84. The summed E-state index contributed by atoms with van der Waals surface area (Å²) in [4.78, 5) is 17.0. The van der Waals surface area contributed by atoms with Crippen LogP contribution >= 0.6 is 23.2 Å². The van der Waals surface area contributed by atoms with Gasteiger partial charge in [-0.1, -0.05) is 23.2 Å². The molecule has 0 aliphatic carbocycles. The molecule has 3 rings (SSSR count). The number of hydrogen-bond acceptors (Lipinski definition) is 2. The lowest BCUT2D eigenvalue weighted by atomic mass is 10.2. The molecular weight excluding hydrogens is 295 g/mol. The van der Waals surface area contributed by atoms with Crippen LogP contribution < -0.4 is 5.56 Å². The van der Waals surface area contributed by atoms with Gasteiger partial charge >= 0.3 is 0 Å². The molecular formula is C15H10Cl2N2O. The molecule has 0 fully saturated rings. The highest BCUT2D eigenvalue weighted by Gasteiger charge is 2.10. The van der Waals surface area contributed by atoms with Crippen molar-refractivity contribution in [2.75, 3.05) is 0 Å². The smallest absolute Gasteiger partial charge is 0.265 e. The summed E-state index contributed by atoms with van der Waals surface area (Å²) >= 11 is 11.8. The average Bonchev–Trinajstić information content (AvgIpc) is 2.40. The molecule has 0 spiro atoms. The van der Waals surface area contributed by atoms with Gasteiger partial charge < -0.3 is 0 Å². The lowest BCUT2D eigenvalue weighted by Gasteiger charge is -2.11. The first-order valence-corrected chi connectivity index (χ1v) is 6.77. The van der Waals surface area contributed by atoms with Gasteiger partial charge in [-0.3, -0.25) is 9.36 Å². The number of benzene rings is 2. The van der Waals surface area contributed by atoms with Gasteiger partial charge in [0.05, 0.1) is 16.6 Å². The summed E-state index contributed by atoms with van der Waals surface area (Å²) in [5.74, 6) is 0.604. The van der Waals surface area contributed by atoms with E-state index in [1.807, 2.05) is 0 Å². The van der Waals surface area contributed by atoms with Crippen molar-refractivity contribution >= 4 is 34.1 Å². The van der Waals surface area contributed by atoms with Crippen LogP contribution in [0.5, 0.6) is 0 Å². The molecule has 0 bridgehead atoms. The van der Waals surface area contributed by atoms with Crippen molar-refractivity contribution < 1.29 is 0 Å². The fourth-order valence-corrected chi connectivity index (χ4v) is 2.46. The maximum atomic E-state index is 12.6. The molecule has 3 aromatic rings. The molecule has 2 aromatic carbocycles. The molecule has 0 unspecified atom stereocenters. The van der Waals surface area contributed by atoms with Crippen LogP contribution in [0, 0.1) is 6.92 Å². The summed E-state index contributed by atoms with van der Waals surface area (Å²) in [6.07, 6.45) is 0. The summed E-state index contributed by atoms with van der Waals surface area (Å²) in [5, 5.41) is 1.72. The second-order valence-electron chi connectivity index (χ2n) is 4.44. The van der Waals surface area contributed by atoms with E-state index in [4.69, 9.17) is 23.2 Å². The Kier molecular flexibility index (Phi) is 3.24. The van der Waals surface area contributed by atoms with E-state index in [0.717, 1.165) is 5.69 Å². The molecule has 0 aliphatic rings. The topological polar surface area (TPSA) is 34.9 Å². The second-order valence-corrected chi connectivity index (χ2v) is 5.31. The third-order valence-corrected chi connectivity index (χ3v) is 3.57. The van der Waals surface area contributed by atoms with Crippen molar-refractivity contribution in [1.82, 2.24) is 9.55 Å². The fourth-order valence-electron chi connectivity index (χ4n) is 2.16. The van der Waals surface area contributed by atoms with Crippen LogP contribution in [-0.2, 0) is 0 Å². The van der Waals surface area contributed by atoms with E-state index in [2.05, 4.69) is 4.98 Å². The molecule has 3 nitrogen and oxygen atoms in total. The molecule has 100 valence electrons. The summed E-state index contributed by atoms with van der Waals surface area (Å²) in [6, 6.07) is 12.1. The SMILES string of the molecule is Cc1nc2cc(Cl)ccc2c(=O)n1-c1ccc(Cl)cc1. The predicted octanol–water partition coefficient (Wildman–Crippen LogP) is 4.00. The van der Waals surface area contributed by atoms with Gasteiger partial charge in [-0.05, 0) is 49.4 Å². The molecule has 0 N–H and O–H groups in total. The number of nitrogens with zero attached hydrogens (tertiary/aromatic N) is 2. The van der Waals surface area contributed by atoms with E-state index < -0.39 is 0 Å². The Bertz CT molecular complexity index is 854. The highest BCUT2D eigenvalue weighted by atomic mass is 35.5. The monoisotopic (exact) mass is 304 g/mol. The maximum absolute atomic E-state index is 12.6. The summed E-state index contributed by atoms with van der Waals surface area (Å²) < 4.78 is 1.56. The molecule has 20 heavy (non-hydrogen) atoms. The lowest BCUT2D eigenvalue weighted by Crippen LogP contribution is -2.22. The van der Waals surface area contributed by atoms with Crippen LogP contribution in [0.1, 0.15) is 5.82 Å². The Labute approximate surface area is 125 Å². The first-order chi connectivity index (χ1) is 9.56. The van der Waals surface area contributed by atoms with Crippen LogP contribution in [-0.4, -0.2) is 9.55 Å². The van der Waals surface area contributed by atoms with Crippen LogP contribution in [0.2, 0.25) is 10.0 Å². The number of aryl methyl sites for hydroxylation is 1. The Morgan fingerprint density at radius 2 is 1.65 bits per heavy atom. The zero-order valence-electron chi connectivity index (χ0n) is 10.6. The summed E-state index contributed by atoms with van der Waals surface area (Å²) in [6.45, 7) is 1.79. The van der Waals surface area contributed by atoms with Crippen LogP contribution in [0.4, 0.5) is 0 Å². The highest BCUT2D eigenvalue weighted by Crippen LogP contribution is 2.18. The Morgan fingerprint density at radius 3 is 2.35 bits per heavy atom. The van der Waals surface area contributed by atoms with Crippen molar-refractivity contribution in [2.24, 2.45) is 0 Å². The number of halogens is 2. The van der Waals surface area contributed by atoms with Gasteiger partial charge in [0.15, 0.2) is 0 Å². The number of aromatic nitrogens is 2. The molecule has 0 aliphatic heterocycles. The van der Waals surface area contributed by atoms with Gasteiger partial charge in [0, 0.05) is 10.0 Å². The first kappa shape index (κ1) is 13.2. The van der Waals surface area contributed by atoms with Gasteiger partial charge in [-0.25, -0.2) is 4.98 Å². The summed E-state index contributed by atoms with van der Waals surface area (Å²) in [7, 11) is 0. The minimum absolute atomic E-state index is 0.119. The van der Waals surface area contributed by atoms with Crippen LogP contribution in [0.15, 0.2) is 47.3 Å². The minimum Gasteiger partial charge on any atom is -0.268 e. The Balaban J connectivity index is 2.34. The number of hydrogen-bond donors (Lipinski definition) is 0. The van der Waals surface area contributed by atoms with Crippen molar-refractivity contribution in [3.05, 3.63) is 68.7 Å². The van der Waals surface area contributed by atoms with E-state index in [1.54, 1.807) is 54.0 Å². The van der Waals surface area contributed by atoms with Crippen LogP contribution in [0.3, 0.4) is 0 Å². The first-order valence-electron chi connectivity index (χ1n) is 6.01. The normalized spacial score (nSPS) is 10.9. The van der Waals surface area contributed by atoms with E-state index in [-0.39, 0.29) is 5.56 Å². The molecule has 5 heteroatoms. The second kappa shape index (κ2) is 4.93. The van der Waals surface area contributed by atoms with Gasteiger partial charge in [0.25, 0.3) is 5.56 Å². The largest absolute Gasteiger partial charge is 0.268 e. The summed E-state index contributed by atoms with van der Waals surface area (Å²) in [5.41, 5.74) is 1.22. The van der Waals surface area contributed by atoms with E-state index in [9.17, 15) is 4.79 Å². The van der Waals surface area contributed by atoms with E-state index in [0.29, 0.717) is 26.8 Å². The van der Waals surface area contributed by atoms with E-state index in [1.165, 1.54) is 0 Å². The highest BCUT2D eigenvalue weighted by molar-refractivity contribution is 6.31. The quantitative estimate of drug-likeness (QED) is 0.681. The predicted molar refractivity (Wildman–Crippen MR) is 82.1 cm³/mol. The third-order valence-electron chi connectivity index (χ3n) is 3.08. The van der Waals surface area contributed by atoms with Crippen molar-refractivity contribution in [1.29, 1.82) is 0 Å². The molecule has 0 saturated carbocycles. The fraction of sp³-hybridized carbons (Fsp3) is 0.0667.